The Hall–Kier alpha value is 0.970. The minimum Gasteiger partial charge on any atom is -0.396 e. The van der Waals surface area contributed by atoms with Gasteiger partial charge in [-0.05, 0) is 12.6 Å². The molecule has 0 unspecified atom stereocenters. The van der Waals surface area contributed by atoms with Gasteiger partial charge in [-0.3, -0.25) is 0 Å². The van der Waals surface area contributed by atoms with E-state index in [1.54, 1.807) is 0 Å². The van der Waals surface area contributed by atoms with Gasteiger partial charge in [0.15, 0.2) is 0 Å². The number of hydrogen-bond donors (Lipinski definition) is 1. The van der Waals surface area contributed by atoms with Gasteiger partial charge < -0.3 is 5.11 Å². The van der Waals surface area contributed by atoms with E-state index in [1.165, 1.54) is 0 Å². The predicted octanol–water partition coefficient (Wildman–Crippen LogP) is 2.16. The van der Waals surface area contributed by atoms with E-state index in [9.17, 15) is 0 Å². The highest BCUT2D eigenvalue weighted by molar-refractivity contribution is 8.03. The molecule has 0 aromatic heterocycles. The van der Waals surface area contributed by atoms with E-state index in [0.717, 1.165) is 12.6 Å². The zero-order valence-electron chi connectivity index (χ0n) is 3.77. The summed E-state index contributed by atoms with van der Waals surface area (Å²) in [6.45, 7) is -0.629. The van der Waals surface area contributed by atoms with Crippen molar-refractivity contribution in [3.8, 4) is 0 Å². The Balaban J connectivity index is 2.68. The summed E-state index contributed by atoms with van der Waals surface area (Å²) >= 11 is 10.8. The Bertz CT molecular complexity index is 41.9. The summed E-state index contributed by atoms with van der Waals surface area (Å²) < 4.78 is 0. The second kappa shape index (κ2) is 5.11. The molecule has 0 aliphatic rings. The Kier molecular flexibility index (Phi) is 5.82. The van der Waals surface area contributed by atoms with Crippen molar-refractivity contribution >= 4 is 29.1 Å². The fourth-order valence-electron chi connectivity index (χ4n) is 0.190. The Labute approximate surface area is 54.0 Å². The maximum absolute atomic E-state index is 8.21. The topological polar surface area (TPSA) is 20.2 Å². The summed E-state index contributed by atoms with van der Waals surface area (Å²) in [5.41, 5.74) is 0. The largest absolute Gasteiger partial charge is 0.396 e. The van der Waals surface area contributed by atoms with Crippen LogP contribution in [0.2, 0.25) is 0 Å². The molecule has 0 radical (unpaired) electrons. The summed E-state index contributed by atoms with van der Waals surface area (Å²) in [6.07, 6.45) is 1.47. The molecule has 1 nitrogen and oxygen atoms in total. The molecule has 0 fully saturated rings. The lowest BCUT2D eigenvalue weighted by Crippen LogP contribution is -1.82. The van der Waals surface area contributed by atoms with E-state index in [1.807, 2.05) is 0 Å². The summed E-state index contributed by atoms with van der Waals surface area (Å²) in [4.78, 5) is 0. The highest BCUT2D eigenvalue weighted by atomic mass is 35.9. The monoisotopic (exact) mass is 160 g/mol. The second-order valence-electron chi connectivity index (χ2n) is 1.10. The quantitative estimate of drug-likeness (QED) is 0.628. The Morgan fingerprint density at radius 2 is 2.00 bits per heavy atom. The first-order valence-corrected chi connectivity index (χ1v) is 5.31. The van der Waals surface area contributed by atoms with Gasteiger partial charge in [0.25, 0.3) is 0 Å². The van der Waals surface area contributed by atoms with Crippen molar-refractivity contribution in [2.75, 3.05) is 12.8 Å². The molecule has 1 N–H and O–H groups in total. The highest BCUT2D eigenvalue weighted by Crippen LogP contribution is 2.46. The zero-order chi connectivity index (χ0) is 5.70. The van der Waals surface area contributed by atoms with Crippen LogP contribution in [0.1, 0.15) is 6.42 Å². The standard InChI is InChI=1S/C3H7Cl2OP/c4-7(5)3-1-2-6/h6H,1-3H2. The average molecular weight is 161 g/mol. The second-order valence-corrected chi connectivity index (χ2v) is 5.12. The van der Waals surface area contributed by atoms with E-state index >= 15 is 0 Å². The van der Waals surface area contributed by atoms with Crippen LogP contribution in [0.15, 0.2) is 0 Å². The third-order valence-electron chi connectivity index (χ3n) is 0.485. The van der Waals surface area contributed by atoms with Crippen molar-refractivity contribution in [2.45, 2.75) is 6.42 Å². The van der Waals surface area contributed by atoms with Gasteiger partial charge in [-0.15, -0.1) is 0 Å². The summed E-state index contributed by atoms with van der Waals surface area (Å²) in [6, 6.07) is 0. The molecule has 0 amide bonds. The number of hydrogen-bond acceptors (Lipinski definition) is 1. The lowest BCUT2D eigenvalue weighted by Gasteiger charge is -1.93. The molecule has 0 aromatic rings. The molecule has 0 aliphatic heterocycles. The van der Waals surface area contributed by atoms with E-state index < -0.39 is 6.63 Å². The molecule has 0 aromatic carbocycles. The van der Waals surface area contributed by atoms with E-state index in [0.29, 0.717) is 0 Å². The number of rotatable bonds is 3. The molecule has 4 heteroatoms. The molecule has 0 rings (SSSR count). The van der Waals surface area contributed by atoms with Crippen molar-refractivity contribution < 1.29 is 5.11 Å². The van der Waals surface area contributed by atoms with E-state index in [4.69, 9.17) is 27.6 Å². The molecular weight excluding hydrogens is 154 g/mol. The van der Waals surface area contributed by atoms with Crippen LogP contribution >= 0.6 is 29.1 Å². The van der Waals surface area contributed by atoms with Gasteiger partial charge in [0.2, 0.25) is 0 Å². The van der Waals surface area contributed by atoms with Crippen LogP contribution in [0.3, 0.4) is 0 Å². The van der Waals surface area contributed by atoms with Gasteiger partial charge in [-0.2, -0.15) is 0 Å². The van der Waals surface area contributed by atoms with Crippen LogP contribution < -0.4 is 0 Å². The zero-order valence-corrected chi connectivity index (χ0v) is 6.18. The van der Waals surface area contributed by atoms with Crippen molar-refractivity contribution in [1.29, 1.82) is 0 Å². The SMILES string of the molecule is OCCCP(Cl)Cl. The van der Waals surface area contributed by atoms with Crippen molar-refractivity contribution in [3.05, 3.63) is 0 Å². The minimum absolute atomic E-state index is 0.193. The average Bonchev–Trinajstić information content (AvgIpc) is 1.61. The van der Waals surface area contributed by atoms with Crippen molar-refractivity contribution in [2.24, 2.45) is 0 Å². The van der Waals surface area contributed by atoms with Gasteiger partial charge >= 0.3 is 0 Å². The molecule has 7 heavy (non-hydrogen) atoms. The van der Waals surface area contributed by atoms with Gasteiger partial charge in [0, 0.05) is 6.61 Å². The van der Waals surface area contributed by atoms with Crippen molar-refractivity contribution in [3.63, 3.8) is 0 Å². The number of aliphatic hydroxyl groups is 1. The van der Waals surface area contributed by atoms with Gasteiger partial charge in [-0.25, -0.2) is 0 Å². The first-order valence-electron chi connectivity index (χ1n) is 1.97. The predicted molar refractivity (Wildman–Crippen MR) is 35.2 cm³/mol. The molecule has 44 valence electrons. The minimum atomic E-state index is -0.822. The van der Waals surface area contributed by atoms with Crippen LogP contribution in [0.5, 0.6) is 0 Å². The highest BCUT2D eigenvalue weighted by Gasteiger charge is 1.94. The van der Waals surface area contributed by atoms with Gasteiger partial charge in [-0.1, -0.05) is 22.5 Å². The Morgan fingerprint density at radius 1 is 1.43 bits per heavy atom. The summed E-state index contributed by atoms with van der Waals surface area (Å²) in [5, 5.41) is 8.21. The van der Waals surface area contributed by atoms with Crippen molar-refractivity contribution in [1.82, 2.24) is 0 Å². The molecule has 0 spiro atoms. The van der Waals surface area contributed by atoms with E-state index in [2.05, 4.69) is 0 Å². The van der Waals surface area contributed by atoms with Crippen LogP contribution in [0.25, 0.3) is 0 Å². The van der Waals surface area contributed by atoms with E-state index in [-0.39, 0.29) is 6.61 Å². The summed E-state index contributed by atoms with van der Waals surface area (Å²) in [5.74, 6) is 0. The molecule has 0 bridgehead atoms. The third kappa shape index (κ3) is 6.97. The summed E-state index contributed by atoms with van der Waals surface area (Å²) in [7, 11) is 0. The molecule has 0 aliphatic carbocycles. The van der Waals surface area contributed by atoms with Gasteiger partial charge in [0.05, 0.1) is 6.63 Å². The number of aliphatic hydroxyl groups excluding tert-OH is 1. The smallest absolute Gasteiger partial charge is 0.0855 e. The van der Waals surface area contributed by atoms with Crippen LogP contribution in [0.4, 0.5) is 0 Å². The van der Waals surface area contributed by atoms with Gasteiger partial charge in [0.1, 0.15) is 0 Å². The first kappa shape index (κ1) is 7.97. The number of halogens is 2. The fourth-order valence-corrected chi connectivity index (χ4v) is 1.29. The molecular formula is C3H7Cl2OP. The lowest BCUT2D eigenvalue weighted by atomic mass is 10.5. The maximum Gasteiger partial charge on any atom is 0.0855 e. The third-order valence-corrected chi connectivity index (χ3v) is 2.15. The normalized spacial score (nSPS) is 10.3. The molecule has 0 heterocycles. The molecule has 0 saturated carbocycles. The molecule has 0 atom stereocenters. The van der Waals surface area contributed by atoms with Crippen LogP contribution in [-0.4, -0.2) is 17.9 Å². The Morgan fingerprint density at radius 3 is 2.14 bits per heavy atom. The maximum atomic E-state index is 8.21. The van der Waals surface area contributed by atoms with Crippen LogP contribution in [-0.2, 0) is 0 Å². The molecule has 0 saturated heterocycles. The fraction of sp³-hybridized carbons (Fsp3) is 1.00. The lowest BCUT2D eigenvalue weighted by molar-refractivity contribution is 0.296. The van der Waals surface area contributed by atoms with Crippen LogP contribution in [0, 0.1) is 0 Å². The first-order chi connectivity index (χ1) is 3.27.